The Balaban J connectivity index is 1.64. The van der Waals surface area contributed by atoms with Crippen molar-refractivity contribution in [3.05, 3.63) is 45.6 Å². The fraction of sp³-hybridized carbons (Fsp3) is 0.375. The van der Waals surface area contributed by atoms with Crippen LogP contribution in [0.15, 0.2) is 29.3 Å². The molecule has 0 aliphatic carbocycles. The number of primary amides is 1. The van der Waals surface area contributed by atoms with E-state index in [0.29, 0.717) is 24.5 Å². The minimum Gasteiger partial charge on any atom is -0.490 e. The number of aromatic nitrogens is 3. The standard InChI is InChI=1S/C16H18ClN5O3/c1-21-16(24)14(17)13(9-20-21)22-6-3-10(4-7-22)25-11-2-5-19-12(8-11)15(18)23/h2,5,8-10H,3-4,6-7H2,1H3,(H2,18,23). The maximum absolute atomic E-state index is 11.9. The highest BCUT2D eigenvalue weighted by atomic mass is 35.5. The predicted molar refractivity (Wildman–Crippen MR) is 93.1 cm³/mol. The van der Waals surface area contributed by atoms with Crippen molar-refractivity contribution in [2.45, 2.75) is 18.9 Å². The van der Waals surface area contributed by atoms with E-state index in [1.54, 1.807) is 19.3 Å². The summed E-state index contributed by atoms with van der Waals surface area (Å²) in [6.45, 7) is 1.37. The number of pyridine rings is 1. The maximum Gasteiger partial charge on any atom is 0.287 e. The van der Waals surface area contributed by atoms with E-state index in [0.717, 1.165) is 12.8 Å². The Bertz CT molecular complexity index is 846. The first-order valence-corrected chi connectivity index (χ1v) is 8.23. The second-order valence-corrected chi connectivity index (χ2v) is 6.20. The van der Waals surface area contributed by atoms with Crippen LogP contribution in [0, 0.1) is 0 Å². The van der Waals surface area contributed by atoms with Gasteiger partial charge in [0.05, 0.1) is 11.9 Å². The van der Waals surface area contributed by atoms with Crippen LogP contribution in [-0.4, -0.2) is 39.9 Å². The number of amides is 1. The van der Waals surface area contributed by atoms with Crippen molar-refractivity contribution in [2.75, 3.05) is 18.0 Å². The van der Waals surface area contributed by atoms with E-state index >= 15 is 0 Å². The highest BCUT2D eigenvalue weighted by Gasteiger charge is 2.23. The Hall–Kier alpha value is -2.61. The van der Waals surface area contributed by atoms with Crippen LogP contribution in [0.25, 0.3) is 0 Å². The van der Waals surface area contributed by atoms with Crippen molar-refractivity contribution in [3.63, 3.8) is 0 Å². The molecule has 0 atom stereocenters. The van der Waals surface area contributed by atoms with Gasteiger partial charge in [0.1, 0.15) is 22.6 Å². The van der Waals surface area contributed by atoms with Crippen LogP contribution in [0.3, 0.4) is 0 Å². The SMILES string of the molecule is Cn1ncc(N2CCC(Oc3ccnc(C(N)=O)c3)CC2)c(Cl)c1=O. The number of rotatable bonds is 4. The number of carbonyl (C=O) groups excluding carboxylic acids is 1. The van der Waals surface area contributed by atoms with E-state index in [1.807, 2.05) is 4.90 Å². The smallest absolute Gasteiger partial charge is 0.287 e. The predicted octanol–water partition coefficient (Wildman–Crippen LogP) is 0.975. The van der Waals surface area contributed by atoms with Gasteiger partial charge in [-0.2, -0.15) is 5.10 Å². The lowest BCUT2D eigenvalue weighted by Gasteiger charge is -2.33. The average molecular weight is 364 g/mol. The Morgan fingerprint density at radius 3 is 2.80 bits per heavy atom. The van der Waals surface area contributed by atoms with Crippen molar-refractivity contribution >= 4 is 23.2 Å². The average Bonchev–Trinajstić information content (AvgIpc) is 2.61. The molecule has 2 N–H and O–H groups in total. The molecule has 3 rings (SSSR count). The second-order valence-electron chi connectivity index (χ2n) is 5.82. The monoisotopic (exact) mass is 363 g/mol. The summed E-state index contributed by atoms with van der Waals surface area (Å²) in [7, 11) is 1.56. The van der Waals surface area contributed by atoms with Crippen LogP contribution >= 0.6 is 11.6 Å². The van der Waals surface area contributed by atoms with Crippen LogP contribution in [0.2, 0.25) is 5.02 Å². The number of nitrogens with two attached hydrogens (primary N) is 1. The van der Waals surface area contributed by atoms with E-state index in [1.165, 1.54) is 16.9 Å². The van der Waals surface area contributed by atoms with Gasteiger partial charge < -0.3 is 15.4 Å². The van der Waals surface area contributed by atoms with Gasteiger partial charge in [-0.1, -0.05) is 11.6 Å². The first-order chi connectivity index (χ1) is 12.0. The molecular formula is C16H18ClN5O3. The number of nitrogens with zero attached hydrogens (tertiary/aromatic N) is 4. The molecule has 0 aromatic carbocycles. The molecular weight excluding hydrogens is 346 g/mol. The third kappa shape index (κ3) is 3.74. The zero-order valence-electron chi connectivity index (χ0n) is 13.7. The minimum atomic E-state index is -0.590. The minimum absolute atomic E-state index is 0.00217. The molecule has 0 bridgehead atoms. The lowest BCUT2D eigenvalue weighted by atomic mass is 10.1. The molecule has 9 heteroatoms. The van der Waals surface area contributed by atoms with Crippen molar-refractivity contribution in [1.29, 1.82) is 0 Å². The van der Waals surface area contributed by atoms with E-state index in [2.05, 4.69) is 10.1 Å². The maximum atomic E-state index is 11.9. The molecule has 25 heavy (non-hydrogen) atoms. The van der Waals surface area contributed by atoms with Crippen molar-refractivity contribution < 1.29 is 9.53 Å². The molecule has 1 aliphatic heterocycles. The van der Waals surface area contributed by atoms with Gasteiger partial charge in [-0.05, 0) is 6.07 Å². The van der Waals surface area contributed by atoms with Crippen LogP contribution in [-0.2, 0) is 7.05 Å². The number of piperidine rings is 1. The highest BCUT2D eigenvalue weighted by molar-refractivity contribution is 6.33. The van der Waals surface area contributed by atoms with Crippen LogP contribution < -0.4 is 20.9 Å². The largest absolute Gasteiger partial charge is 0.490 e. The summed E-state index contributed by atoms with van der Waals surface area (Å²) in [6, 6.07) is 3.23. The zero-order valence-corrected chi connectivity index (χ0v) is 14.4. The summed E-state index contributed by atoms with van der Waals surface area (Å²) in [6.07, 6.45) is 4.60. The summed E-state index contributed by atoms with van der Waals surface area (Å²) in [5.74, 6) is -0.0244. The first-order valence-electron chi connectivity index (χ1n) is 7.85. The topological polar surface area (TPSA) is 103 Å². The normalized spacial score (nSPS) is 15.2. The fourth-order valence-corrected chi connectivity index (χ4v) is 3.04. The molecule has 0 saturated carbocycles. The summed E-state index contributed by atoms with van der Waals surface area (Å²) in [5, 5.41) is 4.20. The van der Waals surface area contributed by atoms with Crippen molar-refractivity contribution in [3.8, 4) is 5.75 Å². The molecule has 0 spiro atoms. The Morgan fingerprint density at radius 1 is 1.40 bits per heavy atom. The quantitative estimate of drug-likeness (QED) is 0.868. The van der Waals surface area contributed by atoms with Gasteiger partial charge in [0.15, 0.2) is 0 Å². The second kappa shape index (κ2) is 7.10. The summed E-state index contributed by atoms with van der Waals surface area (Å²) < 4.78 is 7.12. The number of hydrogen-bond acceptors (Lipinski definition) is 6. The highest BCUT2D eigenvalue weighted by Crippen LogP contribution is 2.26. The molecule has 8 nitrogen and oxygen atoms in total. The first kappa shape index (κ1) is 17.2. The third-order valence-electron chi connectivity index (χ3n) is 4.13. The van der Waals surface area contributed by atoms with E-state index in [9.17, 15) is 9.59 Å². The summed E-state index contributed by atoms with van der Waals surface area (Å²) in [5.41, 5.74) is 5.73. The van der Waals surface area contributed by atoms with Crippen LogP contribution in [0.1, 0.15) is 23.3 Å². The van der Waals surface area contributed by atoms with E-state index in [-0.39, 0.29) is 22.4 Å². The number of hydrogen-bond donors (Lipinski definition) is 1. The van der Waals surface area contributed by atoms with Crippen molar-refractivity contribution in [2.24, 2.45) is 12.8 Å². The van der Waals surface area contributed by atoms with Gasteiger partial charge in [-0.25, -0.2) is 4.68 Å². The molecule has 2 aromatic heterocycles. The van der Waals surface area contributed by atoms with Gasteiger partial charge in [0.2, 0.25) is 0 Å². The molecule has 0 radical (unpaired) electrons. The van der Waals surface area contributed by atoms with E-state index < -0.39 is 5.91 Å². The van der Waals surface area contributed by atoms with E-state index in [4.69, 9.17) is 22.1 Å². The van der Waals surface area contributed by atoms with Crippen LogP contribution in [0.5, 0.6) is 5.75 Å². The zero-order chi connectivity index (χ0) is 18.0. The number of carbonyl (C=O) groups is 1. The van der Waals surface area contributed by atoms with Gasteiger partial charge >= 0.3 is 0 Å². The number of halogens is 1. The van der Waals surface area contributed by atoms with Gasteiger partial charge in [0, 0.05) is 45.2 Å². The Morgan fingerprint density at radius 2 is 2.12 bits per heavy atom. The fourth-order valence-electron chi connectivity index (χ4n) is 2.75. The molecule has 1 saturated heterocycles. The molecule has 132 valence electrons. The van der Waals surface area contributed by atoms with Gasteiger partial charge in [-0.15, -0.1) is 0 Å². The molecule has 1 fully saturated rings. The van der Waals surface area contributed by atoms with Crippen molar-refractivity contribution in [1.82, 2.24) is 14.8 Å². The molecule has 3 heterocycles. The number of ether oxygens (including phenoxy) is 1. The lowest BCUT2D eigenvalue weighted by Crippen LogP contribution is -2.39. The molecule has 1 aliphatic rings. The summed E-state index contributed by atoms with van der Waals surface area (Å²) >= 11 is 6.15. The summed E-state index contributed by atoms with van der Waals surface area (Å²) in [4.78, 5) is 29.0. The molecule has 1 amide bonds. The third-order valence-corrected chi connectivity index (χ3v) is 4.48. The Labute approximate surface area is 149 Å². The molecule has 2 aromatic rings. The number of aryl methyl sites for hydroxylation is 1. The molecule has 0 unspecified atom stereocenters. The number of anilines is 1. The van der Waals surface area contributed by atoms with Gasteiger partial charge in [-0.3, -0.25) is 14.6 Å². The van der Waals surface area contributed by atoms with Crippen LogP contribution in [0.4, 0.5) is 5.69 Å². The lowest BCUT2D eigenvalue weighted by molar-refractivity contribution is 0.0994. The van der Waals surface area contributed by atoms with Gasteiger partial charge in [0.25, 0.3) is 11.5 Å². The Kier molecular flexibility index (Phi) is 4.89.